The summed E-state index contributed by atoms with van der Waals surface area (Å²) in [4.78, 5) is 43.6. The molecular weight excluding hydrogens is 497 g/mol. The molecule has 2 aromatic carbocycles. The lowest BCUT2D eigenvalue weighted by Crippen LogP contribution is -2.48. The lowest BCUT2D eigenvalue weighted by atomic mass is 10.1. The third-order valence-corrected chi connectivity index (χ3v) is 6.48. The number of hydrogen-bond acceptors (Lipinski definition) is 8. The number of nitrogens with zero attached hydrogens (tertiary/aromatic N) is 2. The molecule has 5 N–H and O–H groups in total. The van der Waals surface area contributed by atoms with Gasteiger partial charge in [0.15, 0.2) is 10.7 Å². The highest BCUT2D eigenvalue weighted by Crippen LogP contribution is 2.36. The molecule has 0 radical (unpaired) electrons. The summed E-state index contributed by atoms with van der Waals surface area (Å²) in [5.41, 5.74) is 11.3. The Hall–Kier alpha value is -3.99. The summed E-state index contributed by atoms with van der Waals surface area (Å²) in [6.07, 6.45) is 0. The molecule has 0 aliphatic rings. The van der Waals surface area contributed by atoms with E-state index in [9.17, 15) is 18.8 Å². The smallest absolute Gasteiger partial charge is 0.263 e. The molecule has 0 saturated carbocycles. The Morgan fingerprint density at radius 2 is 1.65 bits per heavy atom. The monoisotopic (exact) mass is 527 g/mol. The maximum Gasteiger partial charge on any atom is 0.263 e. The third kappa shape index (κ3) is 6.42. The number of ether oxygens (including phenoxy) is 1. The van der Waals surface area contributed by atoms with E-state index in [-0.39, 0.29) is 33.6 Å². The van der Waals surface area contributed by atoms with Gasteiger partial charge in [0.1, 0.15) is 28.3 Å². The number of benzene rings is 2. The standard InChI is InChI=1S/C26H30FN5O4S/c1-14(2)30-24(35)26(4,5)36-19-12-6-16(7-13-19)20(33)21-22(28)31-25(37-21)32(15(3)23(29)34)18-10-8-17(27)9-11-18/h6-15H,28H2,1-5H3,(H2,29,34)(H,30,35)/t15-/m1/s1. The van der Waals surface area contributed by atoms with Crippen LogP contribution >= 0.6 is 11.3 Å². The van der Waals surface area contributed by atoms with Crippen molar-refractivity contribution >= 4 is 45.6 Å². The Balaban J connectivity index is 1.86. The number of nitrogen functional groups attached to an aromatic ring is 1. The van der Waals surface area contributed by atoms with Crippen LogP contribution in [0.1, 0.15) is 49.9 Å². The third-order valence-electron chi connectivity index (χ3n) is 5.41. The van der Waals surface area contributed by atoms with Crippen LogP contribution in [0.4, 0.5) is 21.0 Å². The summed E-state index contributed by atoms with van der Waals surface area (Å²) in [5, 5.41) is 3.07. The van der Waals surface area contributed by atoms with Gasteiger partial charge in [-0.2, -0.15) is 0 Å². The summed E-state index contributed by atoms with van der Waals surface area (Å²) >= 11 is 0.994. The Morgan fingerprint density at radius 3 is 2.19 bits per heavy atom. The van der Waals surface area contributed by atoms with Gasteiger partial charge >= 0.3 is 0 Å². The summed E-state index contributed by atoms with van der Waals surface area (Å²) in [6, 6.07) is 10.9. The van der Waals surface area contributed by atoms with Gasteiger partial charge in [0.05, 0.1) is 0 Å². The van der Waals surface area contributed by atoms with Crippen LogP contribution in [0, 0.1) is 5.82 Å². The Labute approximate surface area is 218 Å². The number of nitrogens with one attached hydrogen (secondary N) is 1. The Kier molecular flexibility index (Phi) is 8.17. The first-order valence-electron chi connectivity index (χ1n) is 11.5. The van der Waals surface area contributed by atoms with Gasteiger partial charge < -0.3 is 26.4 Å². The molecule has 0 saturated heterocycles. The van der Waals surface area contributed by atoms with Crippen molar-refractivity contribution in [2.24, 2.45) is 5.73 Å². The second kappa shape index (κ2) is 11.0. The minimum atomic E-state index is -1.12. The highest BCUT2D eigenvalue weighted by atomic mass is 32.1. The fourth-order valence-corrected chi connectivity index (χ4v) is 4.45. The number of primary amides is 1. The molecule has 3 aromatic rings. The summed E-state index contributed by atoms with van der Waals surface area (Å²) < 4.78 is 19.3. The zero-order valence-corrected chi connectivity index (χ0v) is 22.1. The first-order valence-corrected chi connectivity index (χ1v) is 12.4. The molecule has 9 nitrogen and oxygen atoms in total. The second-order valence-corrected chi connectivity index (χ2v) is 10.2. The lowest BCUT2D eigenvalue weighted by molar-refractivity contribution is -0.134. The molecule has 1 aromatic heterocycles. The van der Waals surface area contributed by atoms with Crippen molar-refractivity contribution in [3.63, 3.8) is 0 Å². The van der Waals surface area contributed by atoms with Gasteiger partial charge in [-0.1, -0.05) is 11.3 Å². The summed E-state index contributed by atoms with van der Waals surface area (Å²) in [6.45, 7) is 8.61. The Morgan fingerprint density at radius 1 is 1.05 bits per heavy atom. The number of carbonyl (C=O) groups is 3. The van der Waals surface area contributed by atoms with E-state index in [1.165, 1.54) is 29.2 Å². The number of aromatic nitrogens is 1. The molecule has 37 heavy (non-hydrogen) atoms. The molecule has 0 spiro atoms. The molecule has 1 atom stereocenters. The average Bonchev–Trinajstić information content (AvgIpc) is 3.20. The first-order chi connectivity index (χ1) is 17.3. The largest absolute Gasteiger partial charge is 0.478 e. The maximum absolute atomic E-state index is 13.5. The van der Waals surface area contributed by atoms with Crippen LogP contribution in [0.5, 0.6) is 5.75 Å². The highest BCUT2D eigenvalue weighted by molar-refractivity contribution is 7.18. The first kappa shape index (κ1) is 27.6. The minimum absolute atomic E-state index is 0.0133. The van der Waals surface area contributed by atoms with Crippen LogP contribution in [0.25, 0.3) is 0 Å². The SMILES string of the molecule is CC(C)NC(=O)C(C)(C)Oc1ccc(C(=O)c2sc(N(c3ccc(F)cc3)[C@H](C)C(N)=O)nc2N)cc1. The maximum atomic E-state index is 13.5. The lowest BCUT2D eigenvalue weighted by Gasteiger charge is -2.26. The quantitative estimate of drug-likeness (QED) is 0.341. The predicted molar refractivity (Wildman–Crippen MR) is 142 cm³/mol. The van der Waals surface area contributed by atoms with Crippen molar-refractivity contribution in [3.05, 3.63) is 64.8 Å². The number of amides is 2. The van der Waals surface area contributed by atoms with Crippen molar-refractivity contribution in [3.8, 4) is 5.75 Å². The molecule has 196 valence electrons. The summed E-state index contributed by atoms with van der Waals surface area (Å²) in [5.74, 6) is -1.32. The van der Waals surface area contributed by atoms with E-state index in [4.69, 9.17) is 16.2 Å². The molecule has 0 unspecified atom stereocenters. The fourth-order valence-electron chi connectivity index (χ4n) is 3.40. The van der Waals surface area contributed by atoms with Crippen LogP contribution < -0.4 is 26.4 Å². The van der Waals surface area contributed by atoms with E-state index in [1.807, 2.05) is 13.8 Å². The topological polar surface area (TPSA) is 141 Å². The van der Waals surface area contributed by atoms with Gasteiger partial charge in [0.2, 0.25) is 11.7 Å². The van der Waals surface area contributed by atoms with Crippen LogP contribution in [0.2, 0.25) is 0 Å². The van der Waals surface area contributed by atoms with Gasteiger partial charge in [-0.05, 0) is 83.1 Å². The van der Waals surface area contributed by atoms with Crippen molar-refractivity contribution in [1.82, 2.24) is 10.3 Å². The number of rotatable bonds is 10. The van der Waals surface area contributed by atoms with E-state index in [1.54, 1.807) is 45.0 Å². The van der Waals surface area contributed by atoms with Crippen LogP contribution in [0.3, 0.4) is 0 Å². The number of halogens is 1. The molecule has 0 aliphatic carbocycles. The zero-order valence-electron chi connectivity index (χ0n) is 21.2. The number of anilines is 3. The van der Waals surface area contributed by atoms with E-state index in [2.05, 4.69) is 10.3 Å². The van der Waals surface area contributed by atoms with Crippen molar-refractivity contribution in [2.75, 3.05) is 10.6 Å². The predicted octanol–water partition coefficient (Wildman–Crippen LogP) is 3.79. The number of carbonyl (C=O) groups excluding carboxylic acids is 3. The van der Waals surface area contributed by atoms with Gasteiger partial charge in [0.25, 0.3) is 5.91 Å². The second-order valence-electron chi connectivity index (χ2n) is 9.23. The van der Waals surface area contributed by atoms with Crippen LogP contribution in [-0.2, 0) is 9.59 Å². The molecule has 1 heterocycles. The van der Waals surface area contributed by atoms with E-state index >= 15 is 0 Å². The van der Waals surface area contributed by atoms with Crippen molar-refractivity contribution < 1.29 is 23.5 Å². The summed E-state index contributed by atoms with van der Waals surface area (Å²) in [7, 11) is 0. The van der Waals surface area contributed by atoms with Gasteiger partial charge in [0, 0.05) is 17.3 Å². The fraction of sp³-hybridized carbons (Fsp3) is 0.308. The Bertz CT molecular complexity index is 1290. The van der Waals surface area contributed by atoms with Crippen LogP contribution in [-0.4, -0.2) is 40.3 Å². The number of nitrogens with two attached hydrogens (primary N) is 2. The average molecular weight is 528 g/mol. The van der Waals surface area contributed by atoms with Gasteiger partial charge in [-0.3, -0.25) is 14.4 Å². The molecule has 3 rings (SSSR count). The van der Waals surface area contributed by atoms with E-state index in [0.29, 0.717) is 17.0 Å². The van der Waals surface area contributed by atoms with Crippen molar-refractivity contribution in [2.45, 2.75) is 52.3 Å². The zero-order chi connectivity index (χ0) is 27.5. The molecule has 0 aliphatic heterocycles. The number of thiazole rings is 1. The van der Waals surface area contributed by atoms with E-state index in [0.717, 1.165) is 11.3 Å². The molecule has 11 heteroatoms. The highest BCUT2D eigenvalue weighted by Gasteiger charge is 2.31. The minimum Gasteiger partial charge on any atom is -0.478 e. The van der Waals surface area contributed by atoms with Crippen LogP contribution in [0.15, 0.2) is 48.5 Å². The number of ketones is 1. The van der Waals surface area contributed by atoms with Gasteiger partial charge in [-0.25, -0.2) is 9.37 Å². The molecule has 0 bridgehead atoms. The number of hydrogen-bond donors (Lipinski definition) is 3. The molecule has 0 fully saturated rings. The van der Waals surface area contributed by atoms with E-state index < -0.39 is 23.4 Å². The molecular formula is C26H30FN5O4S. The molecule has 2 amide bonds. The normalized spacial score (nSPS) is 12.2. The van der Waals surface area contributed by atoms with Crippen molar-refractivity contribution in [1.29, 1.82) is 0 Å². The van der Waals surface area contributed by atoms with Gasteiger partial charge in [-0.15, -0.1) is 0 Å².